The van der Waals surface area contributed by atoms with E-state index in [1.807, 2.05) is 36.4 Å². The van der Waals surface area contributed by atoms with Crippen molar-refractivity contribution in [3.05, 3.63) is 59.0 Å². The lowest BCUT2D eigenvalue weighted by molar-refractivity contribution is -0.113. The number of aliphatic imine (C=N–C) groups is 1. The molecule has 2 aromatic carbocycles. The molecule has 1 aromatic heterocycles. The van der Waals surface area contributed by atoms with Crippen molar-refractivity contribution in [2.75, 3.05) is 63.9 Å². The topological polar surface area (TPSA) is 74.2 Å². The smallest absolute Gasteiger partial charge is 0.286 e. The van der Waals surface area contributed by atoms with E-state index < -0.39 is 0 Å². The number of hydrogen-bond acceptors (Lipinski definition) is 8. The number of fused-ring (bicyclic) bond motifs is 1. The van der Waals surface area contributed by atoms with Crippen LogP contribution in [0.15, 0.2) is 52.6 Å². The number of amidine groups is 1. The first-order valence-corrected chi connectivity index (χ1v) is 14.3. The molecule has 0 bridgehead atoms. The third-order valence-electron chi connectivity index (χ3n) is 7.32. The SMILES string of the molecule is CCCN1CCN(c2ccc(-c3ncnc4ccc(C=C5SC(N6CCOCC6)=NC5=O)cc34)cc2F)CC1. The largest absolute Gasteiger partial charge is 0.378 e. The lowest BCUT2D eigenvalue weighted by Crippen LogP contribution is -2.46. The minimum Gasteiger partial charge on any atom is -0.378 e. The van der Waals surface area contributed by atoms with Crippen molar-refractivity contribution >= 4 is 45.5 Å². The second-order valence-electron chi connectivity index (χ2n) is 9.90. The Labute approximate surface area is 231 Å². The molecule has 3 aliphatic rings. The van der Waals surface area contributed by atoms with Crippen LogP contribution in [0.1, 0.15) is 18.9 Å². The lowest BCUT2D eigenvalue weighted by Gasteiger charge is -2.36. The highest BCUT2D eigenvalue weighted by molar-refractivity contribution is 8.18. The maximum absolute atomic E-state index is 15.4. The number of halogens is 1. The number of piperazine rings is 1. The molecular weight excluding hydrogens is 515 g/mol. The number of carbonyl (C=O) groups is 1. The molecule has 0 unspecified atom stereocenters. The number of amides is 1. The fourth-order valence-corrected chi connectivity index (χ4v) is 6.24. The van der Waals surface area contributed by atoms with Crippen molar-refractivity contribution < 1.29 is 13.9 Å². The van der Waals surface area contributed by atoms with Gasteiger partial charge in [0.25, 0.3) is 5.91 Å². The molecule has 8 nitrogen and oxygen atoms in total. The van der Waals surface area contributed by atoms with Gasteiger partial charge >= 0.3 is 0 Å². The number of rotatable bonds is 5. The van der Waals surface area contributed by atoms with E-state index in [9.17, 15) is 4.79 Å². The molecule has 39 heavy (non-hydrogen) atoms. The first kappa shape index (κ1) is 25.9. The summed E-state index contributed by atoms with van der Waals surface area (Å²) in [5.74, 6) is -0.485. The van der Waals surface area contributed by atoms with Crippen LogP contribution < -0.4 is 4.90 Å². The molecule has 0 N–H and O–H groups in total. The average molecular weight is 547 g/mol. The summed E-state index contributed by atoms with van der Waals surface area (Å²) in [6, 6.07) is 11.1. The third-order valence-corrected chi connectivity index (χ3v) is 8.37. The number of ether oxygens (including phenoxy) is 1. The zero-order valence-corrected chi connectivity index (χ0v) is 22.8. The number of thioether (sulfide) groups is 1. The molecule has 0 atom stereocenters. The fourth-order valence-electron chi connectivity index (χ4n) is 5.27. The molecule has 0 saturated carbocycles. The van der Waals surface area contributed by atoms with Gasteiger partial charge in [-0.3, -0.25) is 9.69 Å². The highest BCUT2D eigenvalue weighted by atomic mass is 32.2. The van der Waals surface area contributed by atoms with Crippen LogP contribution in [0.2, 0.25) is 0 Å². The molecule has 0 radical (unpaired) electrons. The number of anilines is 1. The van der Waals surface area contributed by atoms with Crippen molar-refractivity contribution in [3.8, 4) is 11.3 Å². The molecule has 2 fully saturated rings. The molecule has 4 heterocycles. The highest BCUT2D eigenvalue weighted by Crippen LogP contribution is 2.33. The van der Waals surface area contributed by atoms with E-state index >= 15 is 4.39 Å². The molecule has 10 heteroatoms. The van der Waals surface area contributed by atoms with E-state index in [-0.39, 0.29) is 11.7 Å². The first-order chi connectivity index (χ1) is 19.1. The lowest BCUT2D eigenvalue weighted by atomic mass is 10.0. The third kappa shape index (κ3) is 5.54. The van der Waals surface area contributed by atoms with E-state index in [2.05, 4.69) is 36.6 Å². The van der Waals surface area contributed by atoms with E-state index in [1.165, 1.54) is 18.1 Å². The molecule has 3 aromatic rings. The number of carbonyl (C=O) groups excluding carboxylic acids is 1. The minimum absolute atomic E-state index is 0.237. The van der Waals surface area contributed by atoms with Gasteiger partial charge in [0.15, 0.2) is 5.17 Å². The van der Waals surface area contributed by atoms with Crippen LogP contribution in [0.25, 0.3) is 28.2 Å². The number of aromatic nitrogens is 2. The standard InChI is InChI=1S/C29H31FN6O2S/c1-2-7-34-8-10-35(11-9-34)25-6-4-21(18-23(25)30)27-22-16-20(3-5-24(22)31-19-32-27)17-26-28(37)33-29(39-26)36-12-14-38-15-13-36/h3-6,16-19H,2,7-15H2,1H3. The van der Waals surface area contributed by atoms with Crippen LogP contribution in [0.5, 0.6) is 0 Å². The zero-order valence-electron chi connectivity index (χ0n) is 22.0. The van der Waals surface area contributed by atoms with E-state index in [0.717, 1.165) is 73.9 Å². The molecule has 1 amide bonds. The van der Waals surface area contributed by atoms with Gasteiger partial charge in [0.2, 0.25) is 0 Å². The summed E-state index contributed by atoms with van der Waals surface area (Å²) in [6.07, 6.45) is 4.49. The second-order valence-corrected chi connectivity index (χ2v) is 10.9. The van der Waals surface area contributed by atoms with Crippen LogP contribution in [0.3, 0.4) is 0 Å². The van der Waals surface area contributed by atoms with Crippen molar-refractivity contribution in [2.24, 2.45) is 4.99 Å². The Hall–Kier alpha value is -3.34. The summed E-state index contributed by atoms with van der Waals surface area (Å²) in [6.45, 7) is 9.54. The van der Waals surface area contributed by atoms with Gasteiger partial charge in [-0.2, -0.15) is 4.99 Å². The molecule has 202 valence electrons. The Balaban J connectivity index is 1.24. The average Bonchev–Trinajstić information content (AvgIpc) is 3.33. The van der Waals surface area contributed by atoms with Gasteiger partial charge in [-0.25, -0.2) is 14.4 Å². The minimum atomic E-state index is -0.248. The number of nitrogens with zero attached hydrogens (tertiary/aromatic N) is 6. The quantitative estimate of drug-likeness (QED) is 0.440. The Morgan fingerprint density at radius 1 is 1.00 bits per heavy atom. The van der Waals surface area contributed by atoms with Gasteiger partial charge in [-0.15, -0.1) is 0 Å². The summed E-state index contributed by atoms with van der Waals surface area (Å²) in [4.78, 5) is 33.0. The van der Waals surface area contributed by atoms with Gasteiger partial charge in [0.05, 0.1) is 35.0 Å². The summed E-state index contributed by atoms with van der Waals surface area (Å²) in [7, 11) is 0. The van der Waals surface area contributed by atoms with Gasteiger partial charge in [0.1, 0.15) is 12.1 Å². The predicted molar refractivity (Wildman–Crippen MR) is 154 cm³/mol. The van der Waals surface area contributed by atoms with Crippen LogP contribution in [-0.4, -0.2) is 89.9 Å². The first-order valence-electron chi connectivity index (χ1n) is 13.5. The zero-order chi connectivity index (χ0) is 26.8. The normalized spacial score (nSPS) is 19.8. The summed E-state index contributed by atoms with van der Waals surface area (Å²) in [5.41, 5.74) is 3.59. The maximum atomic E-state index is 15.4. The number of morpholine rings is 1. The van der Waals surface area contributed by atoms with E-state index in [4.69, 9.17) is 4.74 Å². The van der Waals surface area contributed by atoms with E-state index in [0.29, 0.717) is 35.1 Å². The van der Waals surface area contributed by atoms with Crippen molar-refractivity contribution in [2.45, 2.75) is 13.3 Å². The van der Waals surface area contributed by atoms with E-state index in [1.54, 1.807) is 6.07 Å². The van der Waals surface area contributed by atoms with Gasteiger partial charge in [-0.1, -0.05) is 19.1 Å². The van der Waals surface area contributed by atoms with Crippen molar-refractivity contribution in [1.29, 1.82) is 0 Å². The second kappa shape index (κ2) is 11.4. The Kier molecular flexibility index (Phi) is 7.58. The maximum Gasteiger partial charge on any atom is 0.286 e. The van der Waals surface area contributed by atoms with Crippen LogP contribution in [0, 0.1) is 5.82 Å². The molecular formula is C29H31FN6O2S. The monoisotopic (exact) mass is 546 g/mol. The predicted octanol–water partition coefficient (Wildman–Crippen LogP) is 4.27. The molecule has 2 saturated heterocycles. The van der Waals surface area contributed by atoms with Gasteiger partial charge in [-0.05, 0) is 60.6 Å². The molecule has 0 spiro atoms. The number of benzene rings is 2. The summed E-state index contributed by atoms with van der Waals surface area (Å²) in [5, 5.41) is 1.53. The summed E-state index contributed by atoms with van der Waals surface area (Å²) >= 11 is 1.39. The fraction of sp³-hybridized carbons (Fsp3) is 0.379. The Bertz CT molecular complexity index is 1450. The molecule has 6 rings (SSSR count). The van der Waals surface area contributed by atoms with Crippen LogP contribution in [0.4, 0.5) is 10.1 Å². The van der Waals surface area contributed by atoms with Gasteiger partial charge in [0, 0.05) is 50.2 Å². The number of hydrogen-bond donors (Lipinski definition) is 0. The van der Waals surface area contributed by atoms with Crippen LogP contribution >= 0.6 is 11.8 Å². The van der Waals surface area contributed by atoms with Crippen molar-refractivity contribution in [3.63, 3.8) is 0 Å². The van der Waals surface area contributed by atoms with Gasteiger partial charge < -0.3 is 14.5 Å². The Morgan fingerprint density at radius 3 is 2.59 bits per heavy atom. The molecule has 3 aliphatic heterocycles. The Morgan fingerprint density at radius 2 is 1.82 bits per heavy atom. The molecule has 0 aliphatic carbocycles. The summed E-state index contributed by atoms with van der Waals surface area (Å²) < 4.78 is 20.8. The van der Waals surface area contributed by atoms with Crippen molar-refractivity contribution in [1.82, 2.24) is 19.8 Å². The van der Waals surface area contributed by atoms with Crippen LogP contribution in [-0.2, 0) is 9.53 Å². The highest BCUT2D eigenvalue weighted by Gasteiger charge is 2.27.